The second-order valence-electron chi connectivity index (χ2n) is 4.53. The van der Waals surface area contributed by atoms with Gasteiger partial charge in [0.05, 0.1) is 6.61 Å². The van der Waals surface area contributed by atoms with Crippen LogP contribution < -0.4 is 5.32 Å². The monoisotopic (exact) mass is 270 g/mol. The fraction of sp³-hybridized carbons (Fsp3) is 0.571. The van der Waals surface area contributed by atoms with Gasteiger partial charge >= 0.3 is 0 Å². The Hall–Kier alpha value is -0.610. The van der Waals surface area contributed by atoms with Crippen LogP contribution >= 0.6 is 11.6 Å². The van der Waals surface area contributed by atoms with Gasteiger partial charge in [-0.05, 0) is 31.7 Å². The minimum atomic E-state index is 0.319. The lowest BCUT2D eigenvalue weighted by molar-refractivity contribution is 0.161. The maximum Gasteiger partial charge on any atom is 0.0589 e. The van der Waals surface area contributed by atoms with Crippen molar-refractivity contribution in [3.63, 3.8) is 0 Å². The smallest absolute Gasteiger partial charge is 0.0589 e. The first kappa shape index (κ1) is 15.4. The molecule has 1 aromatic rings. The molecule has 1 unspecified atom stereocenters. The van der Waals surface area contributed by atoms with Gasteiger partial charge in [-0.25, -0.2) is 0 Å². The number of hydrogen-bond donors (Lipinski definition) is 1. The molecule has 1 rings (SSSR count). The summed E-state index contributed by atoms with van der Waals surface area (Å²) >= 11 is 5.98. The molecule has 1 atom stereocenters. The standard InChI is InChI=1S/C14H23ClN2O/c1-12(13-5-4-6-14(15)11-13)16-7-8-17(2)9-10-18-3/h4-6,11-12,16H,7-10H2,1-3H3. The fourth-order valence-electron chi connectivity index (χ4n) is 1.72. The first-order valence-corrected chi connectivity index (χ1v) is 6.67. The molecule has 0 aliphatic carbocycles. The van der Waals surface area contributed by atoms with E-state index in [1.807, 2.05) is 18.2 Å². The highest BCUT2D eigenvalue weighted by atomic mass is 35.5. The summed E-state index contributed by atoms with van der Waals surface area (Å²) in [7, 11) is 3.83. The van der Waals surface area contributed by atoms with Crippen molar-refractivity contribution in [2.75, 3.05) is 40.4 Å². The van der Waals surface area contributed by atoms with Gasteiger partial charge in [-0.3, -0.25) is 0 Å². The van der Waals surface area contributed by atoms with Crippen LogP contribution in [-0.2, 0) is 4.74 Å². The summed E-state index contributed by atoms with van der Waals surface area (Å²) in [5, 5.41) is 4.28. The molecule has 3 nitrogen and oxygen atoms in total. The second kappa shape index (κ2) is 8.48. The van der Waals surface area contributed by atoms with Gasteiger partial charge in [0.25, 0.3) is 0 Å². The van der Waals surface area contributed by atoms with E-state index in [4.69, 9.17) is 16.3 Å². The normalized spacial score (nSPS) is 12.9. The third-order valence-electron chi connectivity index (χ3n) is 2.97. The summed E-state index contributed by atoms with van der Waals surface area (Å²) < 4.78 is 5.05. The highest BCUT2D eigenvalue weighted by Gasteiger charge is 2.05. The molecule has 0 aromatic heterocycles. The van der Waals surface area contributed by atoms with Gasteiger partial charge < -0.3 is 15.0 Å². The van der Waals surface area contributed by atoms with Crippen LogP contribution in [0.2, 0.25) is 5.02 Å². The molecule has 0 aliphatic heterocycles. The molecule has 0 aliphatic rings. The van der Waals surface area contributed by atoms with Crippen LogP contribution in [-0.4, -0.2) is 45.3 Å². The third kappa shape index (κ3) is 5.83. The topological polar surface area (TPSA) is 24.5 Å². The van der Waals surface area contributed by atoms with Crippen LogP contribution in [0.5, 0.6) is 0 Å². The van der Waals surface area contributed by atoms with E-state index < -0.39 is 0 Å². The van der Waals surface area contributed by atoms with Gasteiger partial charge in [0.15, 0.2) is 0 Å². The lowest BCUT2D eigenvalue weighted by Gasteiger charge is -2.19. The highest BCUT2D eigenvalue weighted by Crippen LogP contribution is 2.16. The van der Waals surface area contributed by atoms with Crippen molar-refractivity contribution in [2.24, 2.45) is 0 Å². The number of benzene rings is 1. The Morgan fingerprint density at radius 1 is 1.39 bits per heavy atom. The molecular weight excluding hydrogens is 248 g/mol. The molecule has 0 saturated heterocycles. The van der Waals surface area contributed by atoms with E-state index in [0.29, 0.717) is 6.04 Å². The maximum atomic E-state index is 5.98. The quantitative estimate of drug-likeness (QED) is 0.786. The Morgan fingerprint density at radius 3 is 2.83 bits per heavy atom. The van der Waals surface area contributed by atoms with Crippen molar-refractivity contribution < 1.29 is 4.74 Å². The Morgan fingerprint density at radius 2 is 2.17 bits per heavy atom. The SMILES string of the molecule is COCCN(C)CCNC(C)c1cccc(Cl)c1. The first-order valence-electron chi connectivity index (χ1n) is 6.30. The lowest BCUT2D eigenvalue weighted by atomic mass is 10.1. The predicted molar refractivity (Wildman–Crippen MR) is 77.2 cm³/mol. The molecule has 0 saturated carbocycles. The lowest BCUT2D eigenvalue weighted by Crippen LogP contribution is -2.32. The minimum Gasteiger partial charge on any atom is -0.383 e. The number of nitrogens with one attached hydrogen (secondary N) is 1. The number of ether oxygens (including phenoxy) is 1. The van der Waals surface area contributed by atoms with Gasteiger partial charge in [0.2, 0.25) is 0 Å². The van der Waals surface area contributed by atoms with Gasteiger partial charge in [0, 0.05) is 37.8 Å². The highest BCUT2D eigenvalue weighted by molar-refractivity contribution is 6.30. The van der Waals surface area contributed by atoms with Crippen molar-refractivity contribution in [2.45, 2.75) is 13.0 Å². The Labute approximate surface area is 115 Å². The van der Waals surface area contributed by atoms with Crippen LogP contribution in [0.1, 0.15) is 18.5 Å². The molecular formula is C14H23ClN2O. The van der Waals surface area contributed by atoms with E-state index >= 15 is 0 Å². The van der Waals surface area contributed by atoms with Gasteiger partial charge in [0.1, 0.15) is 0 Å². The number of methoxy groups -OCH3 is 1. The van der Waals surface area contributed by atoms with E-state index in [2.05, 4.69) is 30.3 Å². The summed E-state index contributed by atoms with van der Waals surface area (Å²) in [4.78, 5) is 2.25. The largest absolute Gasteiger partial charge is 0.383 e. The first-order chi connectivity index (χ1) is 8.63. The van der Waals surface area contributed by atoms with E-state index in [1.54, 1.807) is 7.11 Å². The maximum absolute atomic E-state index is 5.98. The van der Waals surface area contributed by atoms with Crippen LogP contribution in [0.25, 0.3) is 0 Å². The number of hydrogen-bond acceptors (Lipinski definition) is 3. The molecule has 102 valence electrons. The van der Waals surface area contributed by atoms with Gasteiger partial charge in [-0.2, -0.15) is 0 Å². The van der Waals surface area contributed by atoms with Crippen molar-refractivity contribution in [1.82, 2.24) is 10.2 Å². The van der Waals surface area contributed by atoms with Crippen molar-refractivity contribution in [1.29, 1.82) is 0 Å². The van der Waals surface area contributed by atoms with Crippen LogP contribution in [0.4, 0.5) is 0 Å². The Kier molecular flexibility index (Phi) is 7.28. The average Bonchev–Trinajstić information content (AvgIpc) is 2.36. The molecule has 0 spiro atoms. The van der Waals surface area contributed by atoms with Gasteiger partial charge in [-0.15, -0.1) is 0 Å². The third-order valence-corrected chi connectivity index (χ3v) is 3.20. The molecule has 0 bridgehead atoms. The van der Waals surface area contributed by atoms with Crippen LogP contribution in [0, 0.1) is 0 Å². The fourth-order valence-corrected chi connectivity index (χ4v) is 1.92. The summed E-state index contributed by atoms with van der Waals surface area (Å²) in [6, 6.07) is 8.31. The van der Waals surface area contributed by atoms with Gasteiger partial charge in [-0.1, -0.05) is 23.7 Å². The van der Waals surface area contributed by atoms with Crippen molar-refractivity contribution >= 4 is 11.6 Å². The summed E-state index contributed by atoms with van der Waals surface area (Å²) in [6.07, 6.45) is 0. The van der Waals surface area contributed by atoms with E-state index in [9.17, 15) is 0 Å². The molecule has 0 radical (unpaired) electrons. The zero-order valence-corrected chi connectivity index (χ0v) is 12.2. The molecule has 0 heterocycles. The second-order valence-corrected chi connectivity index (χ2v) is 4.96. The number of likely N-dealkylation sites (N-methyl/N-ethyl adjacent to an activating group) is 1. The number of nitrogens with zero attached hydrogens (tertiary/aromatic N) is 1. The zero-order valence-electron chi connectivity index (χ0n) is 11.4. The summed E-state index contributed by atoms with van der Waals surface area (Å²) in [6.45, 7) is 5.85. The van der Waals surface area contributed by atoms with Crippen LogP contribution in [0.3, 0.4) is 0 Å². The van der Waals surface area contributed by atoms with Crippen LogP contribution in [0.15, 0.2) is 24.3 Å². The van der Waals surface area contributed by atoms with Crippen molar-refractivity contribution in [3.05, 3.63) is 34.9 Å². The zero-order chi connectivity index (χ0) is 13.4. The molecule has 0 amide bonds. The van der Waals surface area contributed by atoms with E-state index in [0.717, 1.165) is 31.3 Å². The number of rotatable bonds is 8. The predicted octanol–water partition coefficient (Wildman–Crippen LogP) is 2.57. The summed E-state index contributed by atoms with van der Waals surface area (Å²) in [5.41, 5.74) is 1.22. The number of halogens is 1. The van der Waals surface area contributed by atoms with E-state index in [1.165, 1.54) is 5.56 Å². The molecule has 0 fully saturated rings. The van der Waals surface area contributed by atoms with Crippen molar-refractivity contribution in [3.8, 4) is 0 Å². The Balaban J connectivity index is 2.27. The Bertz CT molecular complexity index is 346. The molecule has 4 heteroatoms. The average molecular weight is 271 g/mol. The molecule has 1 aromatic carbocycles. The molecule has 18 heavy (non-hydrogen) atoms. The minimum absolute atomic E-state index is 0.319. The van der Waals surface area contributed by atoms with E-state index in [-0.39, 0.29) is 0 Å². The molecule has 1 N–H and O–H groups in total. The summed E-state index contributed by atoms with van der Waals surface area (Å²) in [5.74, 6) is 0.